The van der Waals surface area contributed by atoms with Gasteiger partial charge in [-0.25, -0.2) is 0 Å². The van der Waals surface area contributed by atoms with Crippen molar-refractivity contribution < 1.29 is 4.79 Å². The molecule has 0 saturated heterocycles. The molecule has 0 radical (unpaired) electrons. The van der Waals surface area contributed by atoms with E-state index in [1.54, 1.807) is 10.9 Å². The number of nitrogens with zero attached hydrogens (tertiary/aromatic N) is 5. The summed E-state index contributed by atoms with van der Waals surface area (Å²) in [6.07, 6.45) is 3.56. The maximum atomic E-state index is 11.2. The van der Waals surface area contributed by atoms with Crippen LogP contribution in [0.15, 0.2) is 53.9 Å². The molecule has 7 nitrogen and oxygen atoms in total. The molecule has 3 rings (SSSR count). The van der Waals surface area contributed by atoms with E-state index in [-0.39, 0.29) is 5.91 Å². The Labute approximate surface area is 137 Å². The molecule has 0 spiro atoms. The lowest BCUT2D eigenvalue weighted by Gasteiger charge is -2.07. The topological polar surface area (TPSA) is 85.6 Å². The van der Waals surface area contributed by atoms with Gasteiger partial charge in [-0.15, -0.1) is 5.10 Å². The Hall–Kier alpha value is -2.74. The molecule has 8 heteroatoms. The third-order valence-electron chi connectivity index (χ3n) is 2.94. The molecule has 0 fully saturated rings. The Morgan fingerprint density at radius 3 is 3.00 bits per heavy atom. The van der Waals surface area contributed by atoms with Crippen molar-refractivity contribution in [3.63, 3.8) is 0 Å². The maximum absolute atomic E-state index is 11.2. The number of hydrogen-bond acceptors (Lipinski definition) is 6. The number of amides is 1. The van der Waals surface area contributed by atoms with Crippen LogP contribution in [0.5, 0.6) is 0 Å². The summed E-state index contributed by atoms with van der Waals surface area (Å²) in [5, 5.41) is 15.2. The van der Waals surface area contributed by atoms with Crippen LogP contribution in [0.4, 0.5) is 5.69 Å². The minimum atomic E-state index is -0.120. The summed E-state index contributed by atoms with van der Waals surface area (Å²) < 4.78 is 1.65. The average Bonchev–Trinajstić information content (AvgIpc) is 3.02. The molecular formula is C15H14N6OS. The first kappa shape index (κ1) is 15.2. The number of hydrogen-bond donors (Lipinski definition) is 1. The standard InChI is InChI=1S/C15H14N6OS/c1-11(22)17-13-5-2-6-14(8-13)21-15(18-19-20-21)23-10-12-4-3-7-16-9-12/h2-9H,10H2,1H3,(H,17,22). The van der Waals surface area contributed by atoms with Crippen molar-refractivity contribution in [2.75, 3.05) is 5.32 Å². The van der Waals surface area contributed by atoms with E-state index in [0.29, 0.717) is 10.8 Å². The number of nitrogens with one attached hydrogen (secondary N) is 1. The summed E-state index contributed by atoms with van der Waals surface area (Å²) in [6.45, 7) is 1.47. The zero-order valence-electron chi connectivity index (χ0n) is 12.4. The predicted octanol–water partition coefficient (Wildman–Crippen LogP) is 2.31. The predicted molar refractivity (Wildman–Crippen MR) is 87.3 cm³/mol. The Balaban J connectivity index is 1.79. The molecule has 0 aliphatic carbocycles. The number of carbonyl (C=O) groups is 1. The van der Waals surface area contributed by atoms with Gasteiger partial charge in [0.25, 0.3) is 0 Å². The first-order valence-corrected chi connectivity index (χ1v) is 7.89. The summed E-state index contributed by atoms with van der Waals surface area (Å²) >= 11 is 1.52. The number of tetrazole rings is 1. The molecule has 2 aromatic heterocycles. The van der Waals surface area contributed by atoms with Crippen molar-refractivity contribution in [3.8, 4) is 5.69 Å². The van der Waals surface area contributed by atoms with E-state index < -0.39 is 0 Å². The van der Waals surface area contributed by atoms with Gasteiger partial charge in [-0.2, -0.15) is 4.68 Å². The zero-order chi connectivity index (χ0) is 16.1. The van der Waals surface area contributed by atoms with Crippen LogP contribution >= 0.6 is 11.8 Å². The van der Waals surface area contributed by atoms with Crippen molar-refractivity contribution >= 4 is 23.4 Å². The van der Waals surface area contributed by atoms with Gasteiger partial charge in [0.15, 0.2) is 0 Å². The molecule has 3 aromatic rings. The largest absolute Gasteiger partial charge is 0.326 e. The molecule has 23 heavy (non-hydrogen) atoms. The highest BCUT2D eigenvalue weighted by molar-refractivity contribution is 7.98. The van der Waals surface area contributed by atoms with E-state index in [2.05, 4.69) is 25.8 Å². The zero-order valence-corrected chi connectivity index (χ0v) is 13.2. The van der Waals surface area contributed by atoms with Crippen LogP contribution in [0, 0.1) is 0 Å². The van der Waals surface area contributed by atoms with Gasteiger partial charge in [-0.3, -0.25) is 9.78 Å². The van der Waals surface area contributed by atoms with Gasteiger partial charge < -0.3 is 5.32 Å². The lowest BCUT2D eigenvalue weighted by atomic mass is 10.3. The highest BCUT2D eigenvalue weighted by Gasteiger charge is 2.10. The summed E-state index contributed by atoms with van der Waals surface area (Å²) in [6, 6.07) is 11.3. The minimum Gasteiger partial charge on any atom is -0.326 e. The number of pyridine rings is 1. The van der Waals surface area contributed by atoms with Crippen LogP contribution < -0.4 is 5.32 Å². The Kier molecular flexibility index (Phi) is 4.62. The highest BCUT2D eigenvalue weighted by Crippen LogP contribution is 2.23. The van der Waals surface area contributed by atoms with E-state index in [9.17, 15) is 4.79 Å². The van der Waals surface area contributed by atoms with Crippen molar-refractivity contribution in [3.05, 3.63) is 54.4 Å². The third-order valence-corrected chi connectivity index (χ3v) is 3.93. The lowest BCUT2D eigenvalue weighted by Crippen LogP contribution is -2.07. The first-order chi connectivity index (χ1) is 11.2. The molecule has 1 N–H and O–H groups in total. The van der Waals surface area contributed by atoms with Gasteiger partial charge in [0.2, 0.25) is 11.1 Å². The number of rotatable bonds is 5. The average molecular weight is 326 g/mol. The van der Waals surface area contributed by atoms with Gasteiger partial charge in [0, 0.05) is 30.8 Å². The molecular weight excluding hydrogens is 312 g/mol. The van der Waals surface area contributed by atoms with Gasteiger partial charge in [0.1, 0.15) is 0 Å². The number of aromatic nitrogens is 5. The second-order valence-corrected chi connectivity index (χ2v) is 5.70. The van der Waals surface area contributed by atoms with Crippen molar-refractivity contribution in [2.45, 2.75) is 17.8 Å². The third kappa shape index (κ3) is 3.92. The molecule has 116 valence electrons. The van der Waals surface area contributed by atoms with Crippen LogP contribution in [-0.4, -0.2) is 31.1 Å². The molecule has 0 unspecified atom stereocenters. The van der Waals surface area contributed by atoms with Gasteiger partial charge in [-0.05, 0) is 40.3 Å². The minimum absolute atomic E-state index is 0.120. The molecule has 2 heterocycles. The fourth-order valence-electron chi connectivity index (χ4n) is 1.98. The summed E-state index contributed by atoms with van der Waals surface area (Å²) in [5.74, 6) is 0.601. The quantitative estimate of drug-likeness (QED) is 0.724. The van der Waals surface area contributed by atoms with Crippen molar-refractivity contribution in [2.24, 2.45) is 0 Å². The maximum Gasteiger partial charge on any atom is 0.221 e. The molecule has 0 atom stereocenters. The van der Waals surface area contributed by atoms with E-state index in [1.165, 1.54) is 18.7 Å². The molecule has 0 bridgehead atoms. The van der Waals surface area contributed by atoms with E-state index >= 15 is 0 Å². The van der Waals surface area contributed by atoms with Crippen LogP contribution in [0.3, 0.4) is 0 Å². The fraction of sp³-hybridized carbons (Fsp3) is 0.133. The second kappa shape index (κ2) is 7.01. The first-order valence-electron chi connectivity index (χ1n) is 6.90. The molecule has 1 aromatic carbocycles. The van der Waals surface area contributed by atoms with Crippen LogP contribution in [0.25, 0.3) is 5.69 Å². The number of anilines is 1. The number of benzene rings is 1. The van der Waals surface area contributed by atoms with Crippen LogP contribution in [0.2, 0.25) is 0 Å². The Bertz CT molecular complexity index is 804. The Morgan fingerprint density at radius 2 is 2.22 bits per heavy atom. The molecule has 1 amide bonds. The monoisotopic (exact) mass is 326 g/mol. The van der Waals surface area contributed by atoms with Crippen molar-refractivity contribution in [1.82, 2.24) is 25.2 Å². The highest BCUT2D eigenvalue weighted by atomic mass is 32.2. The van der Waals surface area contributed by atoms with Crippen LogP contribution in [-0.2, 0) is 10.5 Å². The number of carbonyl (C=O) groups excluding carboxylic acids is 1. The van der Waals surface area contributed by atoms with E-state index in [0.717, 1.165) is 17.0 Å². The van der Waals surface area contributed by atoms with Gasteiger partial charge >= 0.3 is 0 Å². The van der Waals surface area contributed by atoms with E-state index in [1.807, 2.05) is 42.6 Å². The summed E-state index contributed by atoms with van der Waals surface area (Å²) in [4.78, 5) is 15.3. The number of thioether (sulfide) groups is 1. The van der Waals surface area contributed by atoms with Gasteiger partial charge in [0.05, 0.1) is 5.69 Å². The molecule has 0 aliphatic rings. The summed E-state index contributed by atoms with van der Waals surface area (Å²) in [7, 11) is 0. The normalized spacial score (nSPS) is 10.5. The van der Waals surface area contributed by atoms with Crippen molar-refractivity contribution in [1.29, 1.82) is 0 Å². The SMILES string of the molecule is CC(=O)Nc1cccc(-n2nnnc2SCc2cccnc2)c1. The van der Waals surface area contributed by atoms with Crippen LogP contribution in [0.1, 0.15) is 12.5 Å². The molecule has 0 aliphatic heterocycles. The second-order valence-electron chi connectivity index (χ2n) is 4.75. The fourth-order valence-corrected chi connectivity index (χ4v) is 2.81. The van der Waals surface area contributed by atoms with E-state index in [4.69, 9.17) is 0 Å². The molecule has 0 saturated carbocycles. The lowest BCUT2D eigenvalue weighted by molar-refractivity contribution is -0.114. The summed E-state index contributed by atoms with van der Waals surface area (Å²) in [5.41, 5.74) is 2.59. The van der Waals surface area contributed by atoms with Gasteiger partial charge in [-0.1, -0.05) is 23.9 Å². The Morgan fingerprint density at radius 1 is 1.30 bits per heavy atom. The smallest absolute Gasteiger partial charge is 0.221 e.